The molecule has 3 aliphatic heterocycles. The largest absolute Gasteiger partial charge is 0.459 e. The molecule has 0 bridgehead atoms. The zero-order valence-electron chi connectivity index (χ0n) is 16.7. The summed E-state index contributed by atoms with van der Waals surface area (Å²) in [6, 6.07) is 4.79. The Morgan fingerprint density at radius 1 is 1.15 bits per heavy atom. The number of rotatable bonds is 3. The highest BCUT2D eigenvalue weighted by Crippen LogP contribution is 2.37. The van der Waals surface area contributed by atoms with Gasteiger partial charge < -0.3 is 14.1 Å². The van der Waals surface area contributed by atoms with Crippen LogP contribution in [0.2, 0.25) is 0 Å². The highest BCUT2D eigenvalue weighted by Gasteiger charge is 2.43. The highest BCUT2D eigenvalue weighted by atomic mass is 16.5. The number of nitrogens with zero attached hydrogens (tertiary/aromatic N) is 3. The van der Waals surface area contributed by atoms with Crippen molar-refractivity contribution in [2.24, 2.45) is 0 Å². The second kappa shape index (κ2) is 7.94. The van der Waals surface area contributed by atoms with Gasteiger partial charge in [-0.1, -0.05) is 0 Å². The standard InChI is InChI=1S/C21H33N3O3/c1-17(2)22-10-12-23(13-11-22)18-5-15-27-21(16-18)6-8-24(9-7-21)20(25)19-4-3-14-26-19/h3-4,14,17-18H,5-13,15-16H2,1-2H3. The molecule has 1 spiro atoms. The van der Waals surface area contributed by atoms with Crippen LogP contribution in [-0.2, 0) is 4.74 Å². The monoisotopic (exact) mass is 375 g/mol. The van der Waals surface area contributed by atoms with E-state index in [1.807, 2.05) is 4.90 Å². The molecule has 3 aliphatic rings. The molecule has 4 rings (SSSR count). The molecule has 0 aliphatic carbocycles. The summed E-state index contributed by atoms with van der Waals surface area (Å²) in [5.74, 6) is 0.448. The zero-order valence-corrected chi connectivity index (χ0v) is 16.7. The Morgan fingerprint density at radius 3 is 2.52 bits per heavy atom. The lowest BCUT2D eigenvalue weighted by molar-refractivity contribution is -0.133. The molecule has 0 aromatic carbocycles. The summed E-state index contributed by atoms with van der Waals surface area (Å²) < 4.78 is 11.6. The molecule has 4 heterocycles. The molecule has 3 saturated heterocycles. The summed E-state index contributed by atoms with van der Waals surface area (Å²) >= 11 is 0. The summed E-state index contributed by atoms with van der Waals surface area (Å²) in [5.41, 5.74) is -0.0436. The number of amides is 1. The molecule has 1 atom stereocenters. The maximum absolute atomic E-state index is 12.5. The normalized spacial score (nSPS) is 27.4. The van der Waals surface area contributed by atoms with Crippen molar-refractivity contribution in [3.63, 3.8) is 0 Å². The Hall–Kier alpha value is -1.37. The number of piperidine rings is 1. The van der Waals surface area contributed by atoms with E-state index in [-0.39, 0.29) is 11.5 Å². The molecule has 0 saturated carbocycles. The maximum Gasteiger partial charge on any atom is 0.289 e. The molecule has 1 amide bonds. The number of furan rings is 1. The Balaban J connectivity index is 1.32. The van der Waals surface area contributed by atoms with Crippen LogP contribution in [0.1, 0.15) is 50.1 Å². The number of carbonyl (C=O) groups excluding carboxylic acids is 1. The fourth-order valence-corrected chi connectivity index (χ4v) is 4.95. The molecule has 3 fully saturated rings. The number of piperazine rings is 1. The van der Waals surface area contributed by atoms with Crippen molar-refractivity contribution >= 4 is 5.91 Å². The van der Waals surface area contributed by atoms with Gasteiger partial charge in [0.25, 0.3) is 5.91 Å². The van der Waals surface area contributed by atoms with Gasteiger partial charge in [0.2, 0.25) is 0 Å². The topological polar surface area (TPSA) is 49.2 Å². The lowest BCUT2D eigenvalue weighted by atomic mass is 9.81. The van der Waals surface area contributed by atoms with Gasteiger partial charge in [0.05, 0.1) is 11.9 Å². The van der Waals surface area contributed by atoms with Crippen LogP contribution in [0, 0.1) is 0 Å². The first-order valence-electron chi connectivity index (χ1n) is 10.5. The minimum atomic E-state index is -0.0436. The fourth-order valence-electron chi connectivity index (χ4n) is 4.95. The van der Waals surface area contributed by atoms with Crippen LogP contribution in [0.5, 0.6) is 0 Å². The molecule has 27 heavy (non-hydrogen) atoms. The first kappa shape index (κ1) is 19.0. The van der Waals surface area contributed by atoms with Crippen LogP contribution in [0.15, 0.2) is 22.8 Å². The van der Waals surface area contributed by atoms with E-state index >= 15 is 0 Å². The molecule has 1 aromatic heterocycles. The van der Waals surface area contributed by atoms with Gasteiger partial charge in [-0.15, -0.1) is 0 Å². The van der Waals surface area contributed by atoms with E-state index in [1.165, 1.54) is 26.2 Å². The molecular weight excluding hydrogens is 342 g/mol. The van der Waals surface area contributed by atoms with Crippen LogP contribution in [0.4, 0.5) is 0 Å². The van der Waals surface area contributed by atoms with Crippen molar-refractivity contribution in [2.45, 2.75) is 57.2 Å². The van der Waals surface area contributed by atoms with Crippen molar-refractivity contribution in [3.05, 3.63) is 24.2 Å². The van der Waals surface area contributed by atoms with Gasteiger partial charge in [0, 0.05) is 58.0 Å². The van der Waals surface area contributed by atoms with E-state index in [4.69, 9.17) is 9.15 Å². The smallest absolute Gasteiger partial charge is 0.289 e. The molecule has 6 heteroatoms. The Kier molecular flexibility index (Phi) is 5.58. The predicted molar refractivity (Wildman–Crippen MR) is 104 cm³/mol. The molecule has 150 valence electrons. The number of carbonyl (C=O) groups is 1. The molecule has 1 aromatic rings. The van der Waals surface area contributed by atoms with Gasteiger partial charge in [0.1, 0.15) is 0 Å². The molecule has 6 nitrogen and oxygen atoms in total. The second-order valence-electron chi connectivity index (χ2n) is 8.61. The van der Waals surface area contributed by atoms with Gasteiger partial charge in [0.15, 0.2) is 5.76 Å². The minimum Gasteiger partial charge on any atom is -0.459 e. The summed E-state index contributed by atoms with van der Waals surface area (Å²) in [6.45, 7) is 11.6. The van der Waals surface area contributed by atoms with Gasteiger partial charge in [-0.3, -0.25) is 14.6 Å². The lowest BCUT2D eigenvalue weighted by Gasteiger charge is -2.50. The number of likely N-dealkylation sites (tertiary alicyclic amines) is 1. The quantitative estimate of drug-likeness (QED) is 0.812. The number of hydrogen-bond acceptors (Lipinski definition) is 5. The van der Waals surface area contributed by atoms with Gasteiger partial charge in [-0.25, -0.2) is 0 Å². The third-order valence-corrected chi connectivity index (χ3v) is 6.76. The summed E-state index contributed by atoms with van der Waals surface area (Å²) in [4.78, 5) is 19.7. The lowest BCUT2D eigenvalue weighted by Crippen LogP contribution is -2.58. The predicted octanol–water partition coefficient (Wildman–Crippen LogP) is 2.46. The third kappa shape index (κ3) is 4.08. The SMILES string of the molecule is CC(C)N1CCN(C2CCOC3(CCN(C(=O)c4ccco4)CC3)C2)CC1. The van der Waals surface area contributed by atoms with Gasteiger partial charge in [-0.05, 0) is 51.7 Å². The molecule has 1 unspecified atom stereocenters. The van der Waals surface area contributed by atoms with Gasteiger partial charge >= 0.3 is 0 Å². The van der Waals surface area contributed by atoms with Crippen LogP contribution in [-0.4, -0.2) is 84.2 Å². The average molecular weight is 376 g/mol. The Bertz CT molecular complexity index is 615. The first-order chi connectivity index (χ1) is 13.1. The molecule has 0 N–H and O–H groups in total. The van der Waals surface area contributed by atoms with Crippen LogP contribution in [0.3, 0.4) is 0 Å². The highest BCUT2D eigenvalue weighted by molar-refractivity contribution is 5.91. The van der Waals surface area contributed by atoms with Crippen LogP contribution < -0.4 is 0 Å². The third-order valence-electron chi connectivity index (χ3n) is 6.76. The van der Waals surface area contributed by atoms with Gasteiger partial charge in [-0.2, -0.15) is 0 Å². The fraction of sp³-hybridized carbons (Fsp3) is 0.762. The van der Waals surface area contributed by atoms with E-state index in [0.717, 1.165) is 45.4 Å². The molecule has 0 radical (unpaired) electrons. The van der Waals surface area contributed by atoms with E-state index in [0.29, 0.717) is 17.8 Å². The maximum atomic E-state index is 12.5. The zero-order chi connectivity index (χ0) is 18.9. The average Bonchev–Trinajstić information content (AvgIpc) is 3.23. The summed E-state index contributed by atoms with van der Waals surface area (Å²) in [7, 11) is 0. The molecular formula is C21H33N3O3. The van der Waals surface area contributed by atoms with Crippen molar-refractivity contribution < 1.29 is 13.9 Å². The van der Waals surface area contributed by atoms with Crippen LogP contribution >= 0.6 is 0 Å². The van der Waals surface area contributed by atoms with Crippen molar-refractivity contribution in [1.82, 2.24) is 14.7 Å². The van der Waals surface area contributed by atoms with E-state index in [1.54, 1.807) is 18.4 Å². The summed E-state index contributed by atoms with van der Waals surface area (Å²) in [5, 5.41) is 0. The van der Waals surface area contributed by atoms with Crippen molar-refractivity contribution in [1.29, 1.82) is 0 Å². The van der Waals surface area contributed by atoms with Crippen LogP contribution in [0.25, 0.3) is 0 Å². The first-order valence-corrected chi connectivity index (χ1v) is 10.5. The minimum absolute atomic E-state index is 0.00650. The number of hydrogen-bond donors (Lipinski definition) is 0. The second-order valence-corrected chi connectivity index (χ2v) is 8.61. The van der Waals surface area contributed by atoms with E-state index in [2.05, 4.69) is 23.6 Å². The van der Waals surface area contributed by atoms with Crippen molar-refractivity contribution in [3.8, 4) is 0 Å². The summed E-state index contributed by atoms with van der Waals surface area (Å²) in [6.07, 6.45) is 5.67. The van der Waals surface area contributed by atoms with Crippen molar-refractivity contribution in [2.75, 3.05) is 45.9 Å². The Labute approximate surface area is 162 Å². The van der Waals surface area contributed by atoms with E-state index < -0.39 is 0 Å². The van der Waals surface area contributed by atoms with E-state index in [9.17, 15) is 4.79 Å². The number of ether oxygens (including phenoxy) is 1. The Morgan fingerprint density at radius 2 is 1.89 bits per heavy atom.